The van der Waals surface area contributed by atoms with E-state index in [0.29, 0.717) is 30.5 Å². The summed E-state index contributed by atoms with van der Waals surface area (Å²) >= 11 is 0. The van der Waals surface area contributed by atoms with Gasteiger partial charge >= 0.3 is 6.09 Å². The van der Waals surface area contributed by atoms with Crippen molar-refractivity contribution in [2.75, 3.05) is 24.5 Å². The van der Waals surface area contributed by atoms with Crippen LogP contribution in [-0.2, 0) is 16.7 Å². The standard InChI is InChI=1S/C30H36N4O2/c1-21-14-22(2)16-26(15-21)23(3)36-29(35)33-12-10-30(11-13-33)20-34(19-25-6-4-5-7-27(25)30)28-9-8-24(17-31)18-32-28/h4-9,18,22-23,26H,1,10-16,19-20H2,2-3H3. The van der Waals surface area contributed by atoms with Gasteiger partial charge in [-0.25, -0.2) is 9.78 Å². The van der Waals surface area contributed by atoms with E-state index >= 15 is 0 Å². The van der Waals surface area contributed by atoms with Gasteiger partial charge in [-0.2, -0.15) is 5.26 Å². The van der Waals surface area contributed by atoms with Crippen molar-refractivity contribution in [1.82, 2.24) is 9.88 Å². The van der Waals surface area contributed by atoms with Gasteiger partial charge in [-0.05, 0) is 74.1 Å². The van der Waals surface area contributed by atoms with Gasteiger partial charge in [-0.1, -0.05) is 43.3 Å². The van der Waals surface area contributed by atoms with Crippen LogP contribution in [-0.4, -0.2) is 41.7 Å². The number of nitrogens with zero attached hydrogens (tertiary/aromatic N) is 4. The van der Waals surface area contributed by atoms with E-state index in [0.717, 1.165) is 51.0 Å². The lowest BCUT2D eigenvalue weighted by molar-refractivity contribution is 0.0250. The summed E-state index contributed by atoms with van der Waals surface area (Å²) in [4.78, 5) is 21.9. The van der Waals surface area contributed by atoms with Crippen molar-refractivity contribution in [1.29, 1.82) is 5.26 Å². The Morgan fingerprint density at radius 2 is 2.00 bits per heavy atom. The number of amides is 1. The molecule has 1 saturated carbocycles. The second-order valence-electron chi connectivity index (χ2n) is 11.1. The SMILES string of the molecule is C=C1CC(C)CC(C(C)OC(=O)N2CCC3(CC2)CN(c2ccc(C#N)cn2)Cc2ccccc23)C1. The number of hydrogen-bond acceptors (Lipinski definition) is 5. The summed E-state index contributed by atoms with van der Waals surface area (Å²) < 4.78 is 5.98. The zero-order chi connectivity index (χ0) is 25.3. The number of carbonyl (C=O) groups is 1. The molecule has 0 N–H and O–H groups in total. The Morgan fingerprint density at radius 3 is 2.69 bits per heavy atom. The van der Waals surface area contributed by atoms with E-state index in [2.05, 4.69) is 53.7 Å². The first-order valence-corrected chi connectivity index (χ1v) is 13.2. The molecule has 2 fully saturated rings. The molecule has 1 aromatic heterocycles. The average Bonchev–Trinajstić information content (AvgIpc) is 2.88. The first-order valence-electron chi connectivity index (χ1n) is 13.2. The highest BCUT2D eigenvalue weighted by Crippen LogP contribution is 2.43. The van der Waals surface area contributed by atoms with Crippen LogP contribution in [0.15, 0.2) is 54.7 Å². The third kappa shape index (κ3) is 4.84. The van der Waals surface area contributed by atoms with Crippen LogP contribution in [0.3, 0.4) is 0 Å². The quantitative estimate of drug-likeness (QED) is 0.513. The van der Waals surface area contributed by atoms with Crippen LogP contribution in [0, 0.1) is 23.2 Å². The molecule has 1 aromatic carbocycles. The summed E-state index contributed by atoms with van der Waals surface area (Å²) in [7, 11) is 0. The zero-order valence-corrected chi connectivity index (χ0v) is 21.4. The molecule has 3 aliphatic rings. The molecule has 1 amide bonds. The van der Waals surface area contributed by atoms with Gasteiger partial charge < -0.3 is 14.5 Å². The molecule has 0 radical (unpaired) electrons. The third-order valence-corrected chi connectivity index (χ3v) is 8.47. The number of rotatable bonds is 3. The smallest absolute Gasteiger partial charge is 0.410 e. The minimum Gasteiger partial charge on any atom is -0.446 e. The van der Waals surface area contributed by atoms with E-state index in [4.69, 9.17) is 10.00 Å². The van der Waals surface area contributed by atoms with Crippen LogP contribution >= 0.6 is 0 Å². The predicted molar refractivity (Wildman–Crippen MR) is 141 cm³/mol. The number of likely N-dealkylation sites (tertiary alicyclic amines) is 1. The lowest BCUT2D eigenvalue weighted by Crippen LogP contribution is -2.53. The van der Waals surface area contributed by atoms with E-state index in [-0.39, 0.29) is 17.6 Å². The Balaban J connectivity index is 1.27. The van der Waals surface area contributed by atoms with E-state index in [1.165, 1.54) is 16.7 Å². The molecule has 5 rings (SSSR count). The van der Waals surface area contributed by atoms with Gasteiger partial charge in [0.2, 0.25) is 0 Å². The number of aromatic nitrogens is 1. The zero-order valence-electron chi connectivity index (χ0n) is 21.4. The van der Waals surface area contributed by atoms with Crippen molar-refractivity contribution < 1.29 is 9.53 Å². The number of fused-ring (bicyclic) bond motifs is 2. The summed E-state index contributed by atoms with van der Waals surface area (Å²) in [5.41, 5.74) is 4.51. The van der Waals surface area contributed by atoms with Gasteiger partial charge in [0.1, 0.15) is 18.0 Å². The van der Waals surface area contributed by atoms with Crippen LogP contribution in [0.1, 0.15) is 62.6 Å². The predicted octanol–water partition coefficient (Wildman–Crippen LogP) is 5.82. The van der Waals surface area contributed by atoms with Gasteiger partial charge in [0.05, 0.1) is 5.56 Å². The van der Waals surface area contributed by atoms with Gasteiger partial charge in [0, 0.05) is 37.8 Å². The van der Waals surface area contributed by atoms with E-state index < -0.39 is 0 Å². The number of ether oxygens (including phenoxy) is 1. The van der Waals surface area contributed by atoms with Crippen LogP contribution in [0.25, 0.3) is 0 Å². The van der Waals surface area contributed by atoms with Crippen LogP contribution in [0.2, 0.25) is 0 Å². The number of piperidine rings is 1. The number of pyridine rings is 1. The Morgan fingerprint density at radius 1 is 1.22 bits per heavy atom. The van der Waals surface area contributed by atoms with Crippen molar-refractivity contribution >= 4 is 11.9 Å². The molecule has 1 spiro atoms. The number of benzene rings is 1. The largest absolute Gasteiger partial charge is 0.446 e. The molecule has 36 heavy (non-hydrogen) atoms. The second kappa shape index (κ2) is 9.97. The minimum absolute atomic E-state index is 0.0383. The molecule has 6 heteroatoms. The topological polar surface area (TPSA) is 69.5 Å². The van der Waals surface area contributed by atoms with Crippen molar-refractivity contribution in [2.45, 2.75) is 64.0 Å². The van der Waals surface area contributed by atoms with Gasteiger partial charge in [0.25, 0.3) is 0 Å². The fraction of sp³-hybridized carbons (Fsp3) is 0.500. The monoisotopic (exact) mass is 484 g/mol. The van der Waals surface area contributed by atoms with Gasteiger partial charge in [0.15, 0.2) is 0 Å². The maximum absolute atomic E-state index is 13.1. The van der Waals surface area contributed by atoms with Crippen molar-refractivity contribution in [2.24, 2.45) is 11.8 Å². The number of nitriles is 1. The van der Waals surface area contributed by atoms with Crippen molar-refractivity contribution in [3.8, 4) is 6.07 Å². The molecule has 6 nitrogen and oxygen atoms in total. The van der Waals surface area contributed by atoms with E-state index in [1.807, 2.05) is 24.0 Å². The number of anilines is 1. The van der Waals surface area contributed by atoms with Gasteiger partial charge in [-0.15, -0.1) is 0 Å². The van der Waals surface area contributed by atoms with Gasteiger partial charge in [-0.3, -0.25) is 0 Å². The Hall–Kier alpha value is -3.33. The summed E-state index contributed by atoms with van der Waals surface area (Å²) in [6, 6.07) is 14.6. The van der Waals surface area contributed by atoms with E-state index in [1.54, 1.807) is 6.20 Å². The minimum atomic E-state index is -0.184. The Kier molecular flexibility index (Phi) is 6.75. The number of allylic oxidation sites excluding steroid dienone is 1. The highest BCUT2D eigenvalue weighted by atomic mass is 16.6. The normalized spacial score (nSPS) is 24.1. The first kappa shape index (κ1) is 24.4. The third-order valence-electron chi connectivity index (χ3n) is 8.47. The summed E-state index contributed by atoms with van der Waals surface area (Å²) in [6.45, 7) is 11.5. The molecule has 2 aliphatic heterocycles. The molecule has 0 bridgehead atoms. The Bertz CT molecular complexity index is 1160. The second-order valence-corrected chi connectivity index (χ2v) is 11.1. The first-order chi connectivity index (χ1) is 17.4. The fourth-order valence-corrected chi connectivity index (χ4v) is 6.55. The molecule has 3 atom stereocenters. The maximum atomic E-state index is 13.1. The molecular formula is C30H36N4O2. The summed E-state index contributed by atoms with van der Waals surface area (Å²) in [6.07, 6.45) is 6.27. The molecule has 3 heterocycles. The highest BCUT2D eigenvalue weighted by molar-refractivity contribution is 5.68. The summed E-state index contributed by atoms with van der Waals surface area (Å²) in [5, 5.41) is 9.14. The van der Waals surface area contributed by atoms with E-state index in [9.17, 15) is 4.79 Å². The molecule has 3 unspecified atom stereocenters. The van der Waals surface area contributed by atoms with Crippen LogP contribution < -0.4 is 4.90 Å². The lowest BCUT2D eigenvalue weighted by Gasteiger charge is -2.49. The number of carbonyl (C=O) groups excluding carboxylic acids is 1. The lowest BCUT2D eigenvalue weighted by atomic mass is 9.69. The molecule has 1 aliphatic carbocycles. The molecule has 1 saturated heterocycles. The molecule has 188 valence electrons. The maximum Gasteiger partial charge on any atom is 0.410 e. The fourth-order valence-electron chi connectivity index (χ4n) is 6.55. The summed E-state index contributed by atoms with van der Waals surface area (Å²) in [5.74, 6) is 1.86. The Labute approximate surface area is 214 Å². The molecule has 2 aromatic rings. The van der Waals surface area contributed by atoms with Crippen LogP contribution in [0.4, 0.5) is 10.6 Å². The number of hydrogen-bond donors (Lipinski definition) is 0. The van der Waals surface area contributed by atoms with Crippen LogP contribution in [0.5, 0.6) is 0 Å². The van der Waals surface area contributed by atoms with Crippen molar-refractivity contribution in [3.63, 3.8) is 0 Å². The van der Waals surface area contributed by atoms with Crippen molar-refractivity contribution in [3.05, 3.63) is 71.4 Å². The molecular weight excluding hydrogens is 448 g/mol. The average molecular weight is 485 g/mol. The highest BCUT2D eigenvalue weighted by Gasteiger charge is 2.43.